The molecule has 0 aromatic heterocycles. The van der Waals surface area contributed by atoms with E-state index in [0.717, 1.165) is 48.3 Å². The van der Waals surface area contributed by atoms with Gasteiger partial charge in [0.15, 0.2) is 29.7 Å². The van der Waals surface area contributed by atoms with Crippen LogP contribution in [0.1, 0.15) is 83.8 Å². The number of rotatable bonds is 8. The summed E-state index contributed by atoms with van der Waals surface area (Å²) in [6.45, 7) is 13.1. The van der Waals surface area contributed by atoms with Crippen molar-refractivity contribution in [1.29, 1.82) is 0 Å². The highest BCUT2D eigenvalue weighted by Crippen LogP contribution is 2.55. The van der Waals surface area contributed by atoms with Gasteiger partial charge in [-0.1, -0.05) is 52.3 Å². The summed E-state index contributed by atoms with van der Waals surface area (Å²) in [5, 5.41) is 3.36. The van der Waals surface area contributed by atoms with E-state index < -0.39 is 5.92 Å². The lowest BCUT2D eigenvalue weighted by Gasteiger charge is -2.49. The van der Waals surface area contributed by atoms with Gasteiger partial charge in [-0.15, -0.1) is 0 Å². The van der Waals surface area contributed by atoms with Crippen LogP contribution in [0.5, 0.6) is 11.5 Å². The summed E-state index contributed by atoms with van der Waals surface area (Å²) in [4.78, 5) is 43.1. The molecule has 0 atom stereocenters. The number of anilines is 1. The Morgan fingerprint density at radius 1 is 1.00 bits per heavy atom. The summed E-state index contributed by atoms with van der Waals surface area (Å²) in [5.74, 6) is 0.0610. The first kappa shape index (κ1) is 33.3. The van der Waals surface area contributed by atoms with Gasteiger partial charge in [-0.2, -0.15) is 0 Å². The minimum atomic E-state index is -0.510. The smallest absolute Gasteiger partial charge is 0.262 e. The van der Waals surface area contributed by atoms with Gasteiger partial charge in [0.2, 0.25) is 0 Å². The summed E-state index contributed by atoms with van der Waals surface area (Å²) in [6.07, 6.45) is 3.27. The van der Waals surface area contributed by atoms with Crippen molar-refractivity contribution in [2.24, 2.45) is 10.8 Å². The monoisotopic (exact) mass is 696 g/mol. The minimum Gasteiger partial charge on any atom is -0.493 e. The fourth-order valence-electron chi connectivity index (χ4n) is 6.93. The van der Waals surface area contributed by atoms with Gasteiger partial charge in [-0.25, -0.2) is 0 Å². The number of ether oxygens (including phenoxy) is 2. The lowest BCUT2D eigenvalue weighted by atomic mass is 9.63. The van der Waals surface area contributed by atoms with Crippen molar-refractivity contribution in [1.82, 2.24) is 4.90 Å². The molecule has 0 bridgehead atoms. The van der Waals surface area contributed by atoms with Crippen LogP contribution in [0.4, 0.5) is 5.69 Å². The molecule has 1 heterocycles. The Morgan fingerprint density at radius 3 is 2.13 bits per heavy atom. The van der Waals surface area contributed by atoms with Crippen LogP contribution in [-0.2, 0) is 14.4 Å². The topological polar surface area (TPSA) is 84.9 Å². The summed E-state index contributed by atoms with van der Waals surface area (Å²) in [5.41, 5.74) is 5.41. The molecule has 0 saturated heterocycles. The number of halogens is 2. The van der Waals surface area contributed by atoms with Crippen molar-refractivity contribution < 1.29 is 23.9 Å². The first-order valence-corrected chi connectivity index (χ1v) is 16.7. The Bertz CT molecular complexity index is 1590. The predicted octanol–water partition coefficient (Wildman–Crippen LogP) is 8.53. The van der Waals surface area contributed by atoms with Crippen LogP contribution in [0.25, 0.3) is 0 Å². The number of ketones is 2. The number of nitrogens with one attached hydrogen (secondary N) is 1. The molecule has 5 rings (SSSR count). The molecule has 240 valence electrons. The fourth-order valence-corrected chi connectivity index (χ4v) is 7.68. The van der Waals surface area contributed by atoms with Crippen LogP contribution in [0, 0.1) is 17.8 Å². The molecule has 7 nitrogen and oxygen atoms in total. The van der Waals surface area contributed by atoms with Gasteiger partial charge in [0, 0.05) is 58.6 Å². The van der Waals surface area contributed by atoms with E-state index in [9.17, 15) is 14.4 Å². The zero-order valence-electron chi connectivity index (χ0n) is 27.2. The van der Waals surface area contributed by atoms with Gasteiger partial charge in [0.1, 0.15) is 0 Å². The maximum atomic E-state index is 14.0. The Labute approximate surface area is 279 Å². The molecule has 2 aromatic carbocycles. The Morgan fingerprint density at radius 2 is 1.60 bits per heavy atom. The number of carbonyl (C=O) groups excluding carboxylic acids is 3. The van der Waals surface area contributed by atoms with Crippen LogP contribution >= 0.6 is 27.5 Å². The lowest BCUT2D eigenvalue weighted by molar-refractivity contribution is -0.120. The molecule has 2 aliphatic carbocycles. The summed E-state index contributed by atoms with van der Waals surface area (Å²) < 4.78 is 12.3. The van der Waals surface area contributed by atoms with Crippen LogP contribution in [-0.4, -0.2) is 42.6 Å². The Hall–Kier alpha value is -3.10. The second-order valence-corrected chi connectivity index (χ2v) is 15.3. The largest absolute Gasteiger partial charge is 0.493 e. The standard InChI is InChI=1S/C36H42BrClN2O5/c1-8-11-40-25-15-35(3,4)17-27(41)32(25)31(33-26(40)16-36(5,6)18-28(33)42)21-12-23(37)34(29(13-21)44-7)45-19-30(43)39-22-10-9-20(2)24(38)14-22/h9-10,12-14,31H,8,11,15-19H2,1-7H3,(H,39,43). The zero-order valence-corrected chi connectivity index (χ0v) is 29.5. The molecule has 1 N–H and O–H groups in total. The summed E-state index contributed by atoms with van der Waals surface area (Å²) in [6, 6.07) is 9.04. The predicted molar refractivity (Wildman–Crippen MR) is 181 cm³/mol. The van der Waals surface area contributed by atoms with E-state index in [-0.39, 0.29) is 34.9 Å². The molecule has 2 aromatic rings. The van der Waals surface area contributed by atoms with Crippen molar-refractivity contribution in [3.63, 3.8) is 0 Å². The Balaban J connectivity index is 1.54. The molecule has 0 spiro atoms. The lowest BCUT2D eigenvalue weighted by Crippen LogP contribution is -2.44. The fraction of sp³-hybridized carbons (Fsp3) is 0.472. The van der Waals surface area contributed by atoms with E-state index in [1.54, 1.807) is 12.1 Å². The zero-order chi connectivity index (χ0) is 32.8. The average molecular weight is 698 g/mol. The molecule has 3 aliphatic rings. The van der Waals surface area contributed by atoms with Crippen LogP contribution in [0.3, 0.4) is 0 Å². The average Bonchev–Trinajstić information content (AvgIpc) is 2.93. The summed E-state index contributed by atoms with van der Waals surface area (Å²) >= 11 is 9.86. The third-order valence-electron chi connectivity index (χ3n) is 8.86. The number of carbonyl (C=O) groups is 3. The third-order valence-corrected chi connectivity index (χ3v) is 9.85. The van der Waals surface area contributed by atoms with E-state index in [0.29, 0.717) is 50.7 Å². The van der Waals surface area contributed by atoms with Gasteiger partial charge >= 0.3 is 0 Å². The third kappa shape index (κ3) is 6.73. The molecule has 0 fully saturated rings. The molecule has 9 heteroatoms. The molecule has 0 radical (unpaired) electrons. The van der Waals surface area contributed by atoms with Crippen molar-refractivity contribution in [3.8, 4) is 11.5 Å². The normalized spacial score (nSPS) is 19.4. The van der Waals surface area contributed by atoms with E-state index in [1.807, 2.05) is 25.1 Å². The number of benzene rings is 2. The van der Waals surface area contributed by atoms with Gasteiger partial charge in [0.05, 0.1) is 11.6 Å². The first-order valence-electron chi connectivity index (χ1n) is 15.5. The van der Waals surface area contributed by atoms with Gasteiger partial charge in [-0.3, -0.25) is 14.4 Å². The highest BCUT2D eigenvalue weighted by Gasteiger charge is 2.49. The van der Waals surface area contributed by atoms with Crippen LogP contribution in [0.2, 0.25) is 5.02 Å². The highest BCUT2D eigenvalue weighted by atomic mass is 79.9. The van der Waals surface area contributed by atoms with Gasteiger partial charge in [-0.05, 0) is 88.3 Å². The quantitative estimate of drug-likeness (QED) is 0.298. The van der Waals surface area contributed by atoms with E-state index in [2.05, 4.69) is 60.8 Å². The van der Waals surface area contributed by atoms with Gasteiger partial charge in [0.25, 0.3) is 5.91 Å². The van der Waals surface area contributed by atoms with E-state index >= 15 is 0 Å². The summed E-state index contributed by atoms with van der Waals surface area (Å²) in [7, 11) is 1.54. The van der Waals surface area contributed by atoms with Crippen molar-refractivity contribution >= 4 is 50.7 Å². The molecule has 1 amide bonds. The van der Waals surface area contributed by atoms with Crippen molar-refractivity contribution in [2.75, 3.05) is 25.6 Å². The maximum absolute atomic E-state index is 14.0. The number of nitrogens with zero attached hydrogens (tertiary/aromatic N) is 1. The van der Waals surface area contributed by atoms with E-state index in [1.165, 1.54) is 7.11 Å². The number of aryl methyl sites for hydroxylation is 1. The Kier molecular flexibility index (Phi) is 9.31. The second-order valence-electron chi connectivity index (χ2n) is 14.0. The SMILES string of the molecule is CCCN1C2=C(C(=O)CC(C)(C)C2)C(c2cc(Br)c(OCC(=O)Nc3ccc(C)c(Cl)c3)c(OC)c2)C2=C1CC(C)(C)CC2=O. The van der Waals surface area contributed by atoms with Crippen molar-refractivity contribution in [3.05, 3.63) is 73.5 Å². The molecular formula is C36H42BrClN2O5. The van der Waals surface area contributed by atoms with Crippen LogP contribution in [0.15, 0.2) is 57.3 Å². The van der Waals surface area contributed by atoms with E-state index in [4.69, 9.17) is 21.1 Å². The first-order chi connectivity index (χ1) is 21.1. The number of hydrogen-bond donors (Lipinski definition) is 1. The van der Waals surface area contributed by atoms with Crippen LogP contribution < -0.4 is 14.8 Å². The molecule has 0 saturated carbocycles. The number of hydrogen-bond acceptors (Lipinski definition) is 6. The molecule has 1 aliphatic heterocycles. The highest BCUT2D eigenvalue weighted by molar-refractivity contribution is 9.10. The number of allylic oxidation sites excluding steroid dienone is 4. The maximum Gasteiger partial charge on any atom is 0.262 e. The van der Waals surface area contributed by atoms with Crippen molar-refractivity contribution in [2.45, 2.75) is 79.6 Å². The number of Topliss-reactive ketones (excluding diaryl/α,β-unsaturated/α-hetero) is 2. The minimum absolute atomic E-state index is 0.0832. The molecule has 0 unspecified atom stereocenters. The number of methoxy groups -OCH3 is 1. The molecular weight excluding hydrogens is 656 g/mol. The second kappa shape index (κ2) is 12.6. The number of amides is 1. The molecule has 45 heavy (non-hydrogen) atoms. The van der Waals surface area contributed by atoms with Gasteiger partial charge < -0.3 is 19.7 Å².